The second-order valence-corrected chi connectivity index (χ2v) is 4.93. The molecule has 0 saturated heterocycles. The molecule has 0 bridgehead atoms. The highest BCUT2D eigenvalue weighted by atomic mass is 16.4. The van der Waals surface area contributed by atoms with E-state index in [0.717, 1.165) is 19.3 Å². The Balaban J connectivity index is 2.34. The fourth-order valence-electron chi connectivity index (χ4n) is 1.64. The van der Waals surface area contributed by atoms with Crippen LogP contribution in [0.15, 0.2) is 18.3 Å². The second kappa shape index (κ2) is 7.51. The molecule has 0 fully saturated rings. The van der Waals surface area contributed by atoms with Gasteiger partial charge in [-0.2, -0.15) is 0 Å². The van der Waals surface area contributed by atoms with Crippen LogP contribution < -0.4 is 5.32 Å². The molecule has 0 spiro atoms. The van der Waals surface area contributed by atoms with Crippen LogP contribution in [0.5, 0.6) is 0 Å². The van der Waals surface area contributed by atoms with Gasteiger partial charge in [0, 0.05) is 12.6 Å². The normalized spacial score (nSPS) is 10.5. The maximum absolute atomic E-state index is 11.6. The predicted octanol–water partition coefficient (Wildman–Crippen LogP) is 2.93. The van der Waals surface area contributed by atoms with E-state index in [1.807, 2.05) is 0 Å². The Morgan fingerprint density at radius 2 is 2.05 bits per heavy atom. The van der Waals surface area contributed by atoms with Crippen molar-refractivity contribution >= 4 is 17.7 Å². The SMILES string of the molecule is CC(C)CCCCC(=O)Nc1ccc(C(=O)O)cn1. The fourth-order valence-corrected chi connectivity index (χ4v) is 1.64. The van der Waals surface area contributed by atoms with Gasteiger partial charge in [-0.15, -0.1) is 0 Å². The lowest BCUT2D eigenvalue weighted by atomic mass is 10.1. The van der Waals surface area contributed by atoms with Crippen molar-refractivity contribution in [3.63, 3.8) is 0 Å². The number of aromatic carboxylic acids is 1. The number of carboxylic acids is 1. The zero-order valence-corrected chi connectivity index (χ0v) is 11.3. The number of nitrogens with zero attached hydrogens (tertiary/aromatic N) is 1. The third kappa shape index (κ3) is 5.99. The summed E-state index contributed by atoms with van der Waals surface area (Å²) in [5.41, 5.74) is 0.106. The van der Waals surface area contributed by atoms with Crippen molar-refractivity contribution in [2.45, 2.75) is 39.5 Å². The summed E-state index contributed by atoms with van der Waals surface area (Å²) in [5, 5.41) is 11.4. The molecule has 0 atom stereocenters. The van der Waals surface area contributed by atoms with Crippen LogP contribution in [0.4, 0.5) is 5.82 Å². The number of hydrogen-bond donors (Lipinski definition) is 2. The lowest BCUT2D eigenvalue weighted by molar-refractivity contribution is -0.116. The van der Waals surface area contributed by atoms with Gasteiger partial charge in [-0.25, -0.2) is 9.78 Å². The Labute approximate surface area is 113 Å². The first-order valence-electron chi connectivity index (χ1n) is 6.48. The van der Waals surface area contributed by atoms with Gasteiger partial charge in [-0.05, 0) is 24.5 Å². The Hall–Kier alpha value is -1.91. The molecule has 0 radical (unpaired) electrons. The van der Waals surface area contributed by atoms with E-state index >= 15 is 0 Å². The molecular weight excluding hydrogens is 244 g/mol. The van der Waals surface area contributed by atoms with E-state index in [1.54, 1.807) is 0 Å². The predicted molar refractivity (Wildman–Crippen MR) is 73.1 cm³/mol. The molecule has 19 heavy (non-hydrogen) atoms. The second-order valence-electron chi connectivity index (χ2n) is 4.93. The summed E-state index contributed by atoms with van der Waals surface area (Å²) in [7, 11) is 0. The average molecular weight is 264 g/mol. The molecule has 0 aliphatic carbocycles. The zero-order chi connectivity index (χ0) is 14.3. The summed E-state index contributed by atoms with van der Waals surface area (Å²) >= 11 is 0. The molecule has 1 aromatic rings. The van der Waals surface area contributed by atoms with Gasteiger partial charge in [0.2, 0.25) is 5.91 Å². The maximum atomic E-state index is 11.6. The highest BCUT2D eigenvalue weighted by Crippen LogP contribution is 2.10. The van der Waals surface area contributed by atoms with Gasteiger partial charge in [-0.3, -0.25) is 4.79 Å². The molecule has 0 saturated carbocycles. The minimum absolute atomic E-state index is 0.0840. The maximum Gasteiger partial charge on any atom is 0.337 e. The minimum atomic E-state index is -1.03. The van der Waals surface area contributed by atoms with Crippen LogP contribution in [0, 0.1) is 5.92 Å². The first-order chi connectivity index (χ1) is 8.99. The first kappa shape index (κ1) is 15.1. The number of nitrogens with one attached hydrogen (secondary N) is 1. The van der Waals surface area contributed by atoms with Crippen molar-refractivity contribution < 1.29 is 14.7 Å². The summed E-state index contributed by atoms with van der Waals surface area (Å²) in [5.74, 6) is -0.0643. The van der Waals surface area contributed by atoms with Crippen LogP contribution in [-0.2, 0) is 4.79 Å². The molecule has 0 aliphatic rings. The fraction of sp³-hybridized carbons (Fsp3) is 0.500. The average Bonchev–Trinajstić information content (AvgIpc) is 2.35. The lowest BCUT2D eigenvalue weighted by Crippen LogP contribution is -2.12. The Morgan fingerprint density at radius 1 is 1.32 bits per heavy atom. The van der Waals surface area contributed by atoms with E-state index < -0.39 is 5.97 Å². The largest absolute Gasteiger partial charge is 0.478 e. The highest BCUT2D eigenvalue weighted by molar-refractivity contribution is 5.91. The number of rotatable bonds is 7. The van der Waals surface area contributed by atoms with E-state index in [9.17, 15) is 9.59 Å². The summed E-state index contributed by atoms with van der Waals surface area (Å²) in [6.07, 6.45) is 4.72. The van der Waals surface area contributed by atoms with Crippen LogP contribution in [0.1, 0.15) is 49.9 Å². The van der Waals surface area contributed by atoms with E-state index in [4.69, 9.17) is 5.11 Å². The van der Waals surface area contributed by atoms with Crippen LogP contribution in [0.25, 0.3) is 0 Å². The number of hydrogen-bond acceptors (Lipinski definition) is 3. The molecule has 0 aliphatic heterocycles. The third-order valence-corrected chi connectivity index (χ3v) is 2.71. The van der Waals surface area contributed by atoms with Crippen LogP contribution >= 0.6 is 0 Å². The number of carbonyl (C=O) groups is 2. The van der Waals surface area contributed by atoms with E-state index in [1.165, 1.54) is 18.3 Å². The summed E-state index contributed by atoms with van der Waals surface area (Å²) in [6, 6.07) is 2.92. The molecule has 1 heterocycles. The molecule has 5 heteroatoms. The van der Waals surface area contributed by atoms with Gasteiger partial charge in [0.05, 0.1) is 5.56 Å². The van der Waals surface area contributed by atoms with Crippen LogP contribution in [-0.4, -0.2) is 22.0 Å². The Kier molecular flexibility index (Phi) is 5.99. The van der Waals surface area contributed by atoms with Crippen molar-refractivity contribution in [3.05, 3.63) is 23.9 Å². The molecule has 1 rings (SSSR count). The third-order valence-electron chi connectivity index (χ3n) is 2.71. The molecule has 1 amide bonds. The summed E-state index contributed by atoms with van der Waals surface area (Å²) in [4.78, 5) is 26.1. The van der Waals surface area contributed by atoms with Gasteiger partial charge < -0.3 is 10.4 Å². The number of pyridine rings is 1. The van der Waals surface area contributed by atoms with Gasteiger partial charge in [0.25, 0.3) is 0 Å². The number of unbranched alkanes of at least 4 members (excludes halogenated alkanes) is 1. The number of amides is 1. The Bertz CT molecular complexity index is 427. The molecule has 1 aromatic heterocycles. The quantitative estimate of drug-likeness (QED) is 0.742. The van der Waals surface area contributed by atoms with Gasteiger partial charge in [-0.1, -0.05) is 26.7 Å². The number of anilines is 1. The molecule has 0 aromatic carbocycles. The number of carboxylic acid groups (broad SMARTS) is 1. The van der Waals surface area contributed by atoms with E-state index in [0.29, 0.717) is 18.2 Å². The molecular formula is C14H20N2O3. The molecule has 0 unspecified atom stereocenters. The zero-order valence-electron chi connectivity index (χ0n) is 11.3. The minimum Gasteiger partial charge on any atom is -0.478 e. The summed E-state index contributed by atoms with van der Waals surface area (Å²) < 4.78 is 0. The highest BCUT2D eigenvalue weighted by Gasteiger charge is 2.06. The van der Waals surface area contributed by atoms with Crippen LogP contribution in [0.2, 0.25) is 0 Å². The van der Waals surface area contributed by atoms with Crippen molar-refractivity contribution in [1.29, 1.82) is 0 Å². The molecule has 2 N–H and O–H groups in total. The van der Waals surface area contributed by atoms with Gasteiger partial charge in [0.15, 0.2) is 0 Å². The summed E-state index contributed by atoms with van der Waals surface area (Å²) in [6.45, 7) is 4.32. The van der Waals surface area contributed by atoms with E-state index in [2.05, 4.69) is 24.1 Å². The standard InChI is InChI=1S/C14H20N2O3/c1-10(2)5-3-4-6-13(17)16-12-8-7-11(9-15-12)14(18)19/h7-10H,3-6H2,1-2H3,(H,18,19)(H,15,16,17). The smallest absolute Gasteiger partial charge is 0.337 e. The number of carbonyl (C=O) groups excluding carboxylic acids is 1. The van der Waals surface area contributed by atoms with Crippen molar-refractivity contribution in [2.75, 3.05) is 5.32 Å². The van der Waals surface area contributed by atoms with Crippen molar-refractivity contribution in [3.8, 4) is 0 Å². The first-order valence-corrected chi connectivity index (χ1v) is 6.48. The number of aromatic nitrogens is 1. The van der Waals surface area contributed by atoms with Crippen LogP contribution in [0.3, 0.4) is 0 Å². The molecule has 5 nitrogen and oxygen atoms in total. The lowest BCUT2D eigenvalue weighted by Gasteiger charge is -2.06. The topological polar surface area (TPSA) is 79.3 Å². The van der Waals surface area contributed by atoms with Crippen molar-refractivity contribution in [1.82, 2.24) is 4.98 Å². The van der Waals surface area contributed by atoms with Crippen molar-refractivity contribution in [2.24, 2.45) is 5.92 Å². The Morgan fingerprint density at radius 3 is 2.58 bits per heavy atom. The van der Waals surface area contributed by atoms with Gasteiger partial charge >= 0.3 is 5.97 Å². The van der Waals surface area contributed by atoms with Gasteiger partial charge in [0.1, 0.15) is 5.82 Å². The monoisotopic (exact) mass is 264 g/mol. The van der Waals surface area contributed by atoms with E-state index in [-0.39, 0.29) is 11.5 Å². The molecule has 104 valence electrons.